The van der Waals surface area contributed by atoms with Crippen LogP contribution in [-0.2, 0) is 14.4 Å². The fourth-order valence-corrected chi connectivity index (χ4v) is 0.849. The number of nitrogens with two attached hydrogens (primary N) is 1. The van der Waals surface area contributed by atoms with Gasteiger partial charge in [0.2, 0.25) is 0 Å². The SMILES string of the molecule is CC(=S)NCS(=O)(=O)ON. The first-order valence-electron chi connectivity index (χ1n) is 2.33. The Morgan fingerprint density at radius 1 is 1.80 bits per heavy atom. The van der Waals surface area contributed by atoms with Crippen LogP contribution < -0.4 is 11.2 Å². The lowest BCUT2D eigenvalue weighted by molar-refractivity contribution is 0.332. The number of nitrogens with one attached hydrogen (secondary N) is 1. The summed E-state index contributed by atoms with van der Waals surface area (Å²) in [5, 5.41) is 2.38. The molecule has 0 rings (SSSR count). The first kappa shape index (κ1) is 9.76. The number of rotatable bonds is 3. The normalized spacial score (nSPS) is 11.0. The van der Waals surface area contributed by atoms with E-state index < -0.39 is 16.0 Å². The molecule has 7 heteroatoms. The maximum Gasteiger partial charge on any atom is 0.301 e. The van der Waals surface area contributed by atoms with Crippen molar-refractivity contribution in [3.8, 4) is 0 Å². The van der Waals surface area contributed by atoms with Gasteiger partial charge in [0.15, 0.2) is 0 Å². The highest BCUT2D eigenvalue weighted by atomic mass is 32.2. The summed E-state index contributed by atoms with van der Waals surface area (Å²) in [7, 11) is -3.64. The van der Waals surface area contributed by atoms with Gasteiger partial charge in [-0.1, -0.05) is 12.2 Å². The smallest absolute Gasteiger partial charge is 0.301 e. The first-order chi connectivity index (χ1) is 4.48. The van der Waals surface area contributed by atoms with Crippen molar-refractivity contribution in [1.82, 2.24) is 5.32 Å². The molecule has 0 aliphatic carbocycles. The van der Waals surface area contributed by atoms with E-state index in [0.717, 1.165) is 0 Å². The van der Waals surface area contributed by atoms with Gasteiger partial charge in [0, 0.05) is 0 Å². The van der Waals surface area contributed by atoms with Gasteiger partial charge >= 0.3 is 10.1 Å². The Kier molecular flexibility index (Phi) is 3.72. The lowest BCUT2D eigenvalue weighted by Gasteiger charge is -2.01. The van der Waals surface area contributed by atoms with Gasteiger partial charge in [0.05, 0.1) is 4.99 Å². The quantitative estimate of drug-likeness (QED) is 0.437. The third-order valence-electron chi connectivity index (χ3n) is 0.644. The summed E-state index contributed by atoms with van der Waals surface area (Å²) in [6.45, 7) is 1.56. The summed E-state index contributed by atoms with van der Waals surface area (Å²) in [6, 6.07) is 0. The molecule has 10 heavy (non-hydrogen) atoms. The Balaban J connectivity index is 3.81. The molecule has 3 N–H and O–H groups in total. The van der Waals surface area contributed by atoms with Crippen molar-refractivity contribution in [2.45, 2.75) is 6.92 Å². The topological polar surface area (TPSA) is 81.4 Å². The molecule has 0 saturated carbocycles. The Bertz CT molecular complexity index is 210. The second-order valence-corrected chi connectivity index (χ2v) is 3.74. The van der Waals surface area contributed by atoms with E-state index in [0.29, 0.717) is 4.99 Å². The van der Waals surface area contributed by atoms with Crippen molar-refractivity contribution < 1.29 is 12.7 Å². The molecule has 0 spiro atoms. The van der Waals surface area contributed by atoms with Gasteiger partial charge in [-0.05, 0) is 6.92 Å². The zero-order valence-electron chi connectivity index (χ0n) is 5.33. The van der Waals surface area contributed by atoms with Gasteiger partial charge in [-0.15, -0.1) is 0 Å². The van der Waals surface area contributed by atoms with Crippen molar-refractivity contribution in [3.05, 3.63) is 0 Å². The molecule has 0 bridgehead atoms. The monoisotopic (exact) mass is 184 g/mol. The molecule has 0 aromatic heterocycles. The highest BCUT2D eigenvalue weighted by molar-refractivity contribution is 7.86. The van der Waals surface area contributed by atoms with E-state index in [1.165, 1.54) is 0 Å². The molecule has 0 aromatic rings. The highest BCUT2D eigenvalue weighted by Gasteiger charge is 2.07. The van der Waals surface area contributed by atoms with E-state index >= 15 is 0 Å². The molecule has 60 valence electrons. The van der Waals surface area contributed by atoms with Crippen LogP contribution in [0.3, 0.4) is 0 Å². The van der Waals surface area contributed by atoms with Crippen LogP contribution in [0, 0.1) is 0 Å². The largest absolute Gasteiger partial charge is 0.364 e. The van der Waals surface area contributed by atoms with E-state index in [1.807, 2.05) is 0 Å². The van der Waals surface area contributed by atoms with Crippen molar-refractivity contribution in [2.24, 2.45) is 5.90 Å². The molecule has 0 heterocycles. The molecular formula is C3H8N2O3S2. The number of hydrogen-bond donors (Lipinski definition) is 2. The third kappa shape index (κ3) is 4.62. The van der Waals surface area contributed by atoms with Crippen LogP contribution in [0.4, 0.5) is 0 Å². The summed E-state index contributed by atoms with van der Waals surface area (Å²) in [5.41, 5.74) is 0. The maximum absolute atomic E-state index is 10.4. The molecule has 0 saturated heterocycles. The fourth-order valence-electron chi connectivity index (χ4n) is 0.224. The zero-order chi connectivity index (χ0) is 8.20. The van der Waals surface area contributed by atoms with E-state index in [-0.39, 0.29) is 0 Å². The highest BCUT2D eigenvalue weighted by Crippen LogP contribution is 1.83. The van der Waals surface area contributed by atoms with Gasteiger partial charge in [-0.3, -0.25) is 0 Å². The van der Waals surface area contributed by atoms with Crippen LogP contribution in [0.2, 0.25) is 0 Å². The van der Waals surface area contributed by atoms with Crippen LogP contribution in [0.25, 0.3) is 0 Å². The van der Waals surface area contributed by atoms with Gasteiger partial charge in [0.25, 0.3) is 0 Å². The number of thiocarbonyl (C=S) groups is 1. The fraction of sp³-hybridized carbons (Fsp3) is 0.667. The predicted molar refractivity (Wildman–Crippen MR) is 40.5 cm³/mol. The maximum atomic E-state index is 10.4. The molecule has 0 atom stereocenters. The minimum absolute atomic E-state index is 0.376. The van der Waals surface area contributed by atoms with Crippen molar-refractivity contribution in [2.75, 3.05) is 5.88 Å². The molecule has 0 unspecified atom stereocenters. The van der Waals surface area contributed by atoms with Crippen LogP contribution in [0.5, 0.6) is 0 Å². The van der Waals surface area contributed by atoms with Crippen LogP contribution in [0.15, 0.2) is 0 Å². The average Bonchev–Trinajstić information content (AvgIpc) is 1.85. The summed E-state index contributed by atoms with van der Waals surface area (Å²) < 4.78 is 24.5. The first-order valence-corrected chi connectivity index (χ1v) is 4.32. The molecule has 0 amide bonds. The van der Waals surface area contributed by atoms with Crippen LogP contribution >= 0.6 is 12.2 Å². The van der Waals surface area contributed by atoms with Gasteiger partial charge in [0.1, 0.15) is 5.88 Å². The van der Waals surface area contributed by atoms with Gasteiger partial charge in [-0.2, -0.15) is 18.6 Å². The lowest BCUT2D eigenvalue weighted by Crippen LogP contribution is -2.28. The van der Waals surface area contributed by atoms with Crippen molar-refractivity contribution in [3.63, 3.8) is 0 Å². The minimum atomic E-state index is -3.64. The van der Waals surface area contributed by atoms with E-state index in [1.54, 1.807) is 6.92 Å². The third-order valence-corrected chi connectivity index (χ3v) is 1.58. The molecule has 0 aliphatic heterocycles. The second-order valence-electron chi connectivity index (χ2n) is 1.53. The number of hydrogen-bond acceptors (Lipinski definition) is 5. The Morgan fingerprint density at radius 2 is 2.30 bits per heavy atom. The Hall–Kier alpha value is -0.240. The summed E-state index contributed by atoms with van der Waals surface area (Å²) in [4.78, 5) is 0.376. The lowest BCUT2D eigenvalue weighted by atomic mass is 10.8. The summed E-state index contributed by atoms with van der Waals surface area (Å²) in [5.74, 6) is 4.03. The van der Waals surface area contributed by atoms with Crippen molar-refractivity contribution >= 4 is 27.3 Å². The van der Waals surface area contributed by atoms with Crippen LogP contribution in [-0.4, -0.2) is 19.3 Å². The van der Waals surface area contributed by atoms with Crippen molar-refractivity contribution in [1.29, 1.82) is 0 Å². The van der Waals surface area contributed by atoms with E-state index in [4.69, 9.17) is 0 Å². The zero-order valence-corrected chi connectivity index (χ0v) is 6.96. The molecule has 0 fully saturated rings. The van der Waals surface area contributed by atoms with E-state index in [2.05, 4.69) is 27.7 Å². The molecule has 0 radical (unpaired) electrons. The Morgan fingerprint density at radius 3 is 2.60 bits per heavy atom. The molecule has 0 aromatic carbocycles. The molecule has 5 nitrogen and oxygen atoms in total. The Labute approximate surface area is 64.6 Å². The standard InChI is InChI=1S/C3H8N2O3S2/c1-3(9)5-2-10(6,7)8-4/h2,4H2,1H3,(H,5,9). The second kappa shape index (κ2) is 3.81. The van der Waals surface area contributed by atoms with E-state index in [9.17, 15) is 8.42 Å². The summed E-state index contributed by atoms with van der Waals surface area (Å²) in [6.07, 6.45) is 0. The minimum Gasteiger partial charge on any atom is -0.364 e. The molecule has 0 aliphatic rings. The summed E-state index contributed by atoms with van der Waals surface area (Å²) >= 11 is 4.54. The predicted octanol–water partition coefficient (Wildman–Crippen LogP) is -0.899. The molecular weight excluding hydrogens is 176 g/mol. The van der Waals surface area contributed by atoms with Crippen LogP contribution in [0.1, 0.15) is 6.92 Å². The average molecular weight is 184 g/mol. The van der Waals surface area contributed by atoms with Gasteiger partial charge in [-0.25, -0.2) is 0 Å². The van der Waals surface area contributed by atoms with Gasteiger partial charge < -0.3 is 5.32 Å².